The maximum absolute atomic E-state index is 8.89. The van der Waals surface area contributed by atoms with Crippen molar-refractivity contribution in [1.29, 1.82) is 0 Å². The Morgan fingerprint density at radius 1 is 1.26 bits per heavy atom. The van der Waals surface area contributed by atoms with Crippen LogP contribution >= 0.6 is 0 Å². The van der Waals surface area contributed by atoms with Gasteiger partial charge in [0.05, 0.1) is 6.54 Å². The first kappa shape index (κ1) is 17.7. The quantitative estimate of drug-likeness (QED) is 0.781. The van der Waals surface area contributed by atoms with E-state index in [9.17, 15) is 0 Å². The Morgan fingerprint density at radius 2 is 1.74 bits per heavy atom. The van der Waals surface area contributed by atoms with Gasteiger partial charge in [-0.15, -0.1) is 0 Å². The molecule has 1 rings (SSSR count). The molecule has 0 saturated heterocycles. The predicted octanol–water partition coefficient (Wildman–Crippen LogP) is 1.72. The van der Waals surface area contributed by atoms with Gasteiger partial charge in [-0.05, 0) is 34.1 Å². The average molecular weight is 268 g/mol. The van der Waals surface area contributed by atoms with Crippen LogP contribution in [0.2, 0.25) is 0 Å². The summed E-state index contributed by atoms with van der Waals surface area (Å²) in [5, 5.41) is 8.89. The Morgan fingerprint density at radius 3 is 2.05 bits per heavy atom. The third kappa shape index (κ3) is 4.69. The Hall–Kier alpha value is -1.32. The number of aryl methyl sites for hydroxylation is 1. The van der Waals surface area contributed by atoms with Gasteiger partial charge in [-0.25, -0.2) is 9.13 Å². The zero-order chi connectivity index (χ0) is 15.3. The summed E-state index contributed by atoms with van der Waals surface area (Å²) in [4.78, 5) is 8.89. The largest absolute Gasteiger partial charge is 0.550 e. The van der Waals surface area contributed by atoms with E-state index in [4.69, 9.17) is 9.90 Å². The molecule has 1 aromatic heterocycles. The molecular formula is C15H28N2O2. The van der Waals surface area contributed by atoms with Crippen LogP contribution in [0.4, 0.5) is 0 Å². The fourth-order valence-electron chi connectivity index (χ4n) is 1.69. The fourth-order valence-corrected chi connectivity index (χ4v) is 1.69. The monoisotopic (exact) mass is 268 g/mol. The van der Waals surface area contributed by atoms with E-state index < -0.39 is 5.97 Å². The van der Waals surface area contributed by atoms with Crippen LogP contribution in [0.5, 0.6) is 0 Å². The highest BCUT2D eigenvalue weighted by Crippen LogP contribution is 2.35. The van der Waals surface area contributed by atoms with Crippen LogP contribution in [0, 0.1) is 5.41 Å². The number of carbonyl (C=O) groups is 1. The standard InChI is InChI=1S/C13H25N2.C2H4O2/c1-7-12(3,4)13(5,6)15-10-9-14(8-2)11-15;1-2(3)4/h9-11H,7-8H2,1-6H3;1H3,(H,3,4)/q+1;/p-1. The summed E-state index contributed by atoms with van der Waals surface area (Å²) >= 11 is 0. The number of carboxylic acid groups (broad SMARTS) is 1. The molecule has 0 bridgehead atoms. The van der Waals surface area contributed by atoms with Crippen molar-refractivity contribution in [3.8, 4) is 0 Å². The van der Waals surface area contributed by atoms with Crippen LogP contribution in [0.3, 0.4) is 0 Å². The number of nitrogens with zero attached hydrogens (tertiary/aromatic N) is 2. The fraction of sp³-hybridized carbons (Fsp3) is 0.733. The molecule has 0 N–H and O–H groups in total. The van der Waals surface area contributed by atoms with E-state index in [-0.39, 0.29) is 5.54 Å². The first-order chi connectivity index (χ1) is 8.58. The number of aliphatic carboxylic acids is 1. The van der Waals surface area contributed by atoms with Gasteiger partial charge >= 0.3 is 0 Å². The van der Waals surface area contributed by atoms with Gasteiger partial charge in [0.15, 0.2) is 0 Å². The second kappa shape index (κ2) is 6.73. The van der Waals surface area contributed by atoms with Gasteiger partial charge in [0.1, 0.15) is 17.9 Å². The summed E-state index contributed by atoms with van der Waals surface area (Å²) in [6, 6.07) is 0. The van der Waals surface area contributed by atoms with E-state index in [1.807, 2.05) is 0 Å². The zero-order valence-electron chi connectivity index (χ0n) is 13.4. The summed E-state index contributed by atoms with van der Waals surface area (Å²) in [5.41, 5.74) is 0.458. The maximum atomic E-state index is 8.89. The molecule has 0 aliphatic carbocycles. The molecule has 110 valence electrons. The lowest BCUT2D eigenvalue weighted by atomic mass is 9.72. The molecule has 1 heterocycles. The lowest BCUT2D eigenvalue weighted by molar-refractivity contribution is -0.772. The number of rotatable bonds is 4. The first-order valence-corrected chi connectivity index (χ1v) is 6.83. The summed E-state index contributed by atoms with van der Waals surface area (Å²) in [6.07, 6.45) is 7.72. The van der Waals surface area contributed by atoms with E-state index >= 15 is 0 Å². The van der Waals surface area contributed by atoms with Gasteiger partial charge in [-0.3, -0.25) is 0 Å². The SMILES string of the molecule is CC(=O)[O-].CCn1cc[n+](C(C)(C)C(C)(C)CC)c1. The second-order valence-electron chi connectivity index (χ2n) is 5.94. The van der Waals surface area contributed by atoms with Crippen LogP contribution in [0.25, 0.3) is 0 Å². The van der Waals surface area contributed by atoms with E-state index in [1.54, 1.807) is 0 Å². The summed E-state index contributed by atoms with van der Waals surface area (Å²) in [6.45, 7) is 15.7. The third-order valence-corrected chi connectivity index (χ3v) is 4.24. The molecule has 4 heteroatoms. The molecule has 0 spiro atoms. The van der Waals surface area contributed by atoms with Gasteiger partial charge < -0.3 is 9.90 Å². The number of imidazole rings is 1. The van der Waals surface area contributed by atoms with Gasteiger partial charge in [-0.2, -0.15) is 0 Å². The van der Waals surface area contributed by atoms with Gasteiger partial charge in [-0.1, -0.05) is 20.8 Å². The molecule has 4 nitrogen and oxygen atoms in total. The van der Waals surface area contributed by atoms with Gasteiger partial charge in [0, 0.05) is 11.4 Å². The van der Waals surface area contributed by atoms with Crippen molar-refractivity contribution in [3.63, 3.8) is 0 Å². The predicted molar refractivity (Wildman–Crippen MR) is 74.4 cm³/mol. The van der Waals surface area contributed by atoms with E-state index in [0.717, 1.165) is 13.5 Å². The minimum Gasteiger partial charge on any atom is -0.550 e. The van der Waals surface area contributed by atoms with E-state index in [0.29, 0.717) is 5.41 Å². The summed E-state index contributed by atoms with van der Waals surface area (Å²) < 4.78 is 4.55. The average Bonchev–Trinajstić information content (AvgIpc) is 2.77. The van der Waals surface area contributed by atoms with Crippen LogP contribution in [-0.2, 0) is 16.9 Å². The van der Waals surface area contributed by atoms with Crippen LogP contribution in [0.1, 0.15) is 54.9 Å². The number of hydrogen-bond donors (Lipinski definition) is 0. The summed E-state index contributed by atoms with van der Waals surface area (Å²) in [7, 11) is 0. The third-order valence-electron chi connectivity index (χ3n) is 4.24. The summed E-state index contributed by atoms with van der Waals surface area (Å²) in [5.74, 6) is -1.08. The zero-order valence-corrected chi connectivity index (χ0v) is 13.4. The molecular weight excluding hydrogens is 240 g/mol. The van der Waals surface area contributed by atoms with Crippen molar-refractivity contribution in [2.24, 2.45) is 5.41 Å². The number of carbonyl (C=O) groups excluding carboxylic acids is 1. The molecule has 1 aromatic rings. The normalized spacial score (nSPS) is 11.7. The van der Waals surface area contributed by atoms with Crippen molar-refractivity contribution in [3.05, 3.63) is 18.7 Å². The Labute approximate surface area is 117 Å². The molecule has 0 aromatic carbocycles. The Bertz CT molecular complexity index is 402. The van der Waals surface area contributed by atoms with Crippen molar-refractivity contribution < 1.29 is 14.5 Å². The molecule has 0 unspecified atom stereocenters. The van der Waals surface area contributed by atoms with Crippen LogP contribution < -0.4 is 9.67 Å². The smallest absolute Gasteiger partial charge is 0.244 e. The molecule has 0 aliphatic heterocycles. The molecule has 19 heavy (non-hydrogen) atoms. The number of aromatic nitrogens is 2. The van der Waals surface area contributed by atoms with E-state index in [1.165, 1.54) is 6.42 Å². The molecule has 0 aliphatic rings. The first-order valence-electron chi connectivity index (χ1n) is 6.83. The van der Waals surface area contributed by atoms with E-state index in [2.05, 4.69) is 69.4 Å². The maximum Gasteiger partial charge on any atom is 0.244 e. The van der Waals surface area contributed by atoms with Gasteiger partial charge in [0.25, 0.3) is 0 Å². The molecule has 0 atom stereocenters. The van der Waals surface area contributed by atoms with Gasteiger partial charge in [0.2, 0.25) is 6.33 Å². The Balaban J connectivity index is 0.000000711. The minimum absolute atomic E-state index is 0.155. The topological polar surface area (TPSA) is 48.9 Å². The number of hydrogen-bond acceptors (Lipinski definition) is 2. The van der Waals surface area contributed by atoms with Crippen molar-refractivity contribution >= 4 is 5.97 Å². The Kier molecular flexibility index (Phi) is 6.27. The highest BCUT2D eigenvalue weighted by atomic mass is 16.4. The van der Waals surface area contributed by atoms with Crippen LogP contribution in [-0.4, -0.2) is 10.5 Å². The molecule has 0 fully saturated rings. The van der Waals surface area contributed by atoms with Crippen molar-refractivity contribution in [2.75, 3.05) is 0 Å². The highest BCUT2D eigenvalue weighted by molar-refractivity contribution is 5.60. The molecule has 0 radical (unpaired) electrons. The second-order valence-corrected chi connectivity index (χ2v) is 5.94. The number of carboxylic acids is 1. The lowest BCUT2D eigenvalue weighted by Gasteiger charge is -2.38. The van der Waals surface area contributed by atoms with Crippen LogP contribution in [0.15, 0.2) is 18.7 Å². The highest BCUT2D eigenvalue weighted by Gasteiger charge is 2.40. The molecule has 0 amide bonds. The van der Waals surface area contributed by atoms with Crippen molar-refractivity contribution in [1.82, 2.24) is 4.57 Å². The lowest BCUT2D eigenvalue weighted by Crippen LogP contribution is -2.59. The minimum atomic E-state index is -1.08. The van der Waals surface area contributed by atoms with Crippen molar-refractivity contribution in [2.45, 2.75) is 67.0 Å². The molecule has 0 saturated carbocycles.